The Hall–Kier alpha value is -2.42. The monoisotopic (exact) mass is 503 g/mol. The molecule has 2 aromatic carbocycles. The maximum atomic E-state index is 13.2. The maximum Gasteiger partial charge on any atom is 0.251 e. The maximum absolute atomic E-state index is 13.2. The Labute approximate surface area is 205 Å². The van der Waals surface area contributed by atoms with E-state index in [9.17, 15) is 18.0 Å². The summed E-state index contributed by atoms with van der Waals surface area (Å²) in [5, 5.41) is 6.67. The lowest BCUT2D eigenvalue weighted by Gasteiger charge is -2.36. The van der Waals surface area contributed by atoms with E-state index in [-0.39, 0.29) is 35.3 Å². The average molecular weight is 504 g/mol. The molecule has 1 saturated heterocycles. The van der Waals surface area contributed by atoms with Crippen LogP contribution in [0.1, 0.15) is 48.9 Å². The summed E-state index contributed by atoms with van der Waals surface area (Å²) in [6.07, 6.45) is 4.79. The number of carbonyl (C=O) groups excluding carboxylic acids is 2. The quantitative estimate of drug-likeness (QED) is 0.629. The standard InChI is InChI=1S/C25H30ClN3O4S/c26-20-12-14-21(15-13-20)34(32,33)29-16-6-9-19(17-29)25(31)28-23-11-5-4-10-22(23)27-24(30)18-7-2-1-3-8-18/h1-3,7-8,12-15,19,22-23H,4-6,9-11,16-17H2,(H,27,30)(H,28,31)/t19?,22-,23-/m1/s1. The number of sulfonamides is 1. The van der Waals surface area contributed by atoms with Crippen LogP contribution in [0.5, 0.6) is 0 Å². The van der Waals surface area contributed by atoms with Crippen molar-refractivity contribution in [2.24, 2.45) is 5.92 Å². The molecular formula is C25H30ClN3O4S. The van der Waals surface area contributed by atoms with Gasteiger partial charge in [0.15, 0.2) is 0 Å². The first-order valence-electron chi connectivity index (χ1n) is 11.8. The van der Waals surface area contributed by atoms with Crippen LogP contribution in [0.15, 0.2) is 59.5 Å². The first kappa shape index (κ1) is 24.7. The van der Waals surface area contributed by atoms with Gasteiger partial charge in [-0.25, -0.2) is 8.42 Å². The number of nitrogens with zero attached hydrogens (tertiary/aromatic N) is 1. The minimum atomic E-state index is -3.70. The molecular weight excluding hydrogens is 474 g/mol. The van der Waals surface area contributed by atoms with Crippen LogP contribution in [-0.2, 0) is 14.8 Å². The smallest absolute Gasteiger partial charge is 0.251 e. The zero-order valence-electron chi connectivity index (χ0n) is 19.0. The topological polar surface area (TPSA) is 95.6 Å². The molecule has 2 aromatic rings. The molecule has 1 saturated carbocycles. The van der Waals surface area contributed by atoms with Crippen molar-refractivity contribution >= 4 is 33.4 Å². The van der Waals surface area contributed by atoms with Gasteiger partial charge in [-0.2, -0.15) is 4.31 Å². The van der Waals surface area contributed by atoms with Crippen LogP contribution in [0.2, 0.25) is 5.02 Å². The summed E-state index contributed by atoms with van der Waals surface area (Å²) in [5.74, 6) is -0.727. The van der Waals surface area contributed by atoms with Crippen molar-refractivity contribution in [3.63, 3.8) is 0 Å². The average Bonchev–Trinajstić information content (AvgIpc) is 2.86. The van der Waals surface area contributed by atoms with Crippen molar-refractivity contribution in [2.75, 3.05) is 13.1 Å². The number of piperidine rings is 1. The van der Waals surface area contributed by atoms with Crippen LogP contribution in [-0.4, -0.2) is 49.7 Å². The molecule has 3 atom stereocenters. The first-order valence-corrected chi connectivity index (χ1v) is 13.6. The van der Waals surface area contributed by atoms with E-state index < -0.39 is 15.9 Å². The Balaban J connectivity index is 1.39. The summed E-state index contributed by atoms with van der Waals surface area (Å²) in [6.45, 7) is 0.526. The summed E-state index contributed by atoms with van der Waals surface area (Å²) in [7, 11) is -3.70. The third-order valence-electron chi connectivity index (χ3n) is 6.65. The van der Waals surface area contributed by atoms with Crippen molar-refractivity contribution in [1.29, 1.82) is 0 Å². The predicted molar refractivity (Wildman–Crippen MR) is 131 cm³/mol. The summed E-state index contributed by atoms with van der Waals surface area (Å²) in [6, 6.07) is 14.8. The molecule has 0 aromatic heterocycles. The Bertz CT molecular complexity index is 1110. The highest BCUT2D eigenvalue weighted by Gasteiger charge is 2.35. The molecule has 1 unspecified atom stereocenters. The lowest BCUT2D eigenvalue weighted by atomic mass is 9.89. The van der Waals surface area contributed by atoms with Crippen molar-refractivity contribution < 1.29 is 18.0 Å². The van der Waals surface area contributed by atoms with E-state index >= 15 is 0 Å². The van der Waals surface area contributed by atoms with E-state index in [2.05, 4.69) is 10.6 Å². The molecule has 1 aliphatic carbocycles. The fourth-order valence-corrected chi connectivity index (χ4v) is 6.40. The van der Waals surface area contributed by atoms with Crippen molar-refractivity contribution in [1.82, 2.24) is 14.9 Å². The molecule has 0 spiro atoms. The highest BCUT2D eigenvalue weighted by atomic mass is 35.5. The van der Waals surface area contributed by atoms with E-state index in [1.807, 2.05) is 18.2 Å². The summed E-state index contributed by atoms with van der Waals surface area (Å²) in [5.41, 5.74) is 0.591. The van der Waals surface area contributed by atoms with Gasteiger partial charge in [-0.15, -0.1) is 0 Å². The summed E-state index contributed by atoms with van der Waals surface area (Å²) in [4.78, 5) is 26.0. The van der Waals surface area contributed by atoms with Crippen LogP contribution in [0, 0.1) is 5.92 Å². The Morgan fingerprint density at radius 2 is 1.50 bits per heavy atom. The largest absolute Gasteiger partial charge is 0.351 e. The molecule has 7 nitrogen and oxygen atoms in total. The Morgan fingerprint density at radius 1 is 0.853 bits per heavy atom. The molecule has 2 amide bonds. The molecule has 4 rings (SSSR count). The molecule has 1 heterocycles. The molecule has 0 radical (unpaired) electrons. The second-order valence-electron chi connectivity index (χ2n) is 9.00. The fraction of sp³-hybridized carbons (Fsp3) is 0.440. The Morgan fingerprint density at radius 3 is 2.18 bits per heavy atom. The number of hydrogen-bond donors (Lipinski definition) is 2. The summed E-state index contributed by atoms with van der Waals surface area (Å²) >= 11 is 5.90. The predicted octanol–water partition coefficient (Wildman–Crippen LogP) is 3.60. The van der Waals surface area contributed by atoms with Gasteiger partial charge >= 0.3 is 0 Å². The molecule has 182 valence electrons. The van der Waals surface area contributed by atoms with Gasteiger partial charge in [-0.3, -0.25) is 9.59 Å². The number of hydrogen-bond acceptors (Lipinski definition) is 4. The van der Waals surface area contributed by atoms with Gasteiger partial charge in [0.05, 0.1) is 10.8 Å². The highest BCUT2D eigenvalue weighted by molar-refractivity contribution is 7.89. The van der Waals surface area contributed by atoms with Gasteiger partial charge in [0, 0.05) is 35.8 Å². The third-order valence-corrected chi connectivity index (χ3v) is 8.78. The van der Waals surface area contributed by atoms with E-state index in [4.69, 9.17) is 11.6 Å². The molecule has 0 bridgehead atoms. The second-order valence-corrected chi connectivity index (χ2v) is 11.4. The fourth-order valence-electron chi connectivity index (χ4n) is 4.75. The zero-order valence-corrected chi connectivity index (χ0v) is 20.5. The molecule has 2 N–H and O–H groups in total. The van der Waals surface area contributed by atoms with E-state index in [1.165, 1.54) is 16.4 Å². The molecule has 2 fully saturated rings. The Kier molecular flexibility index (Phi) is 7.91. The molecule has 2 aliphatic rings. The first-order chi connectivity index (χ1) is 16.3. The lowest BCUT2D eigenvalue weighted by molar-refractivity contribution is -0.127. The van der Waals surface area contributed by atoms with E-state index in [0.29, 0.717) is 30.0 Å². The van der Waals surface area contributed by atoms with Crippen LogP contribution < -0.4 is 10.6 Å². The van der Waals surface area contributed by atoms with Crippen molar-refractivity contribution in [3.8, 4) is 0 Å². The zero-order chi connectivity index (χ0) is 24.1. The second kappa shape index (κ2) is 10.9. The van der Waals surface area contributed by atoms with Crippen molar-refractivity contribution in [3.05, 3.63) is 65.2 Å². The number of amides is 2. The summed E-state index contributed by atoms with van der Waals surface area (Å²) < 4.78 is 27.5. The number of benzene rings is 2. The van der Waals surface area contributed by atoms with Crippen LogP contribution >= 0.6 is 11.6 Å². The van der Waals surface area contributed by atoms with Crippen LogP contribution in [0.25, 0.3) is 0 Å². The normalized spacial score (nSPS) is 23.7. The number of carbonyl (C=O) groups is 2. The van der Waals surface area contributed by atoms with Gasteiger partial charge in [-0.05, 0) is 62.1 Å². The molecule has 1 aliphatic heterocycles. The number of halogens is 1. The third kappa shape index (κ3) is 5.79. The van der Waals surface area contributed by atoms with Gasteiger partial charge in [0.1, 0.15) is 0 Å². The SMILES string of the molecule is O=C(N[C@@H]1CCCC[C@H]1NC(=O)C1CCCN(S(=O)(=O)c2ccc(Cl)cc2)C1)c1ccccc1. The van der Waals surface area contributed by atoms with Crippen molar-refractivity contribution in [2.45, 2.75) is 55.5 Å². The van der Waals surface area contributed by atoms with Gasteiger partial charge in [0.25, 0.3) is 5.91 Å². The number of nitrogens with one attached hydrogen (secondary N) is 2. The minimum absolute atomic E-state index is 0.143. The van der Waals surface area contributed by atoms with Crippen LogP contribution in [0.3, 0.4) is 0 Å². The van der Waals surface area contributed by atoms with E-state index in [1.54, 1.807) is 24.3 Å². The minimum Gasteiger partial charge on any atom is -0.351 e. The van der Waals surface area contributed by atoms with E-state index in [0.717, 1.165) is 25.7 Å². The molecule has 34 heavy (non-hydrogen) atoms. The number of rotatable bonds is 6. The van der Waals surface area contributed by atoms with Crippen LogP contribution in [0.4, 0.5) is 0 Å². The van der Waals surface area contributed by atoms with Gasteiger partial charge in [0.2, 0.25) is 15.9 Å². The lowest BCUT2D eigenvalue weighted by Crippen LogP contribution is -2.55. The molecule has 9 heteroatoms. The highest BCUT2D eigenvalue weighted by Crippen LogP contribution is 2.26. The van der Waals surface area contributed by atoms with Gasteiger partial charge < -0.3 is 10.6 Å². The van der Waals surface area contributed by atoms with Gasteiger partial charge in [-0.1, -0.05) is 42.6 Å².